The number of rotatable bonds is 11. The number of benzene rings is 2. The molecule has 3 rings (SSSR count). The van der Waals surface area contributed by atoms with Gasteiger partial charge >= 0.3 is 0 Å². The van der Waals surface area contributed by atoms with Crippen molar-refractivity contribution in [2.24, 2.45) is 5.92 Å². The van der Waals surface area contributed by atoms with E-state index in [-0.39, 0.29) is 23.5 Å². The van der Waals surface area contributed by atoms with Gasteiger partial charge in [0.2, 0.25) is 0 Å². The Hall–Kier alpha value is -1.60. The van der Waals surface area contributed by atoms with Crippen molar-refractivity contribution in [2.45, 2.75) is 88.6 Å². The minimum Gasteiger partial charge on any atom is -0.305 e. The van der Waals surface area contributed by atoms with Crippen molar-refractivity contribution in [3.8, 4) is 0 Å². The van der Waals surface area contributed by atoms with Crippen molar-refractivity contribution in [1.82, 2.24) is 0 Å². The Morgan fingerprint density at radius 2 is 1.33 bits per heavy atom. The molecule has 0 unspecified atom stereocenters. The van der Waals surface area contributed by atoms with E-state index in [9.17, 15) is 0 Å². The average Bonchev–Trinajstić information content (AvgIpc) is 2.75. The van der Waals surface area contributed by atoms with E-state index in [2.05, 4.69) is 43.3 Å². The van der Waals surface area contributed by atoms with Crippen molar-refractivity contribution in [2.75, 3.05) is 0 Å². The zero-order valence-electron chi connectivity index (χ0n) is 19.5. The van der Waals surface area contributed by atoms with Crippen LogP contribution in [-0.2, 0) is 10.8 Å². The summed E-state index contributed by atoms with van der Waals surface area (Å²) >= 11 is 1.46. The molecule has 0 bridgehead atoms. The Labute approximate surface area is 200 Å². The van der Waals surface area contributed by atoms with Crippen molar-refractivity contribution in [3.05, 3.63) is 65.7 Å². The fourth-order valence-corrected chi connectivity index (χ4v) is 4.95. The Morgan fingerprint density at radius 1 is 0.727 bits per heavy atom. The predicted molar refractivity (Wildman–Crippen MR) is 134 cm³/mol. The standard InChI is InChI=1S/C26H36OS.5FH/c1-2-3-4-5-7-10-22-13-17-24(18-14-22)25-19-15-23(16-20-25)21-27-28-26-11-8-6-9-12-26;;;;;/h6,8-9,11-12,15-16,19-20,22,24H,2-5,7,10,13-14,17-18,21H2,1H3;5*1H. The maximum absolute atomic E-state index is 5.78. The first-order valence-electron chi connectivity index (χ1n) is 11.3. The lowest BCUT2D eigenvalue weighted by Gasteiger charge is -2.29. The van der Waals surface area contributed by atoms with Gasteiger partial charge < -0.3 is 4.18 Å². The van der Waals surface area contributed by atoms with Gasteiger partial charge in [0.05, 0.1) is 6.61 Å². The maximum atomic E-state index is 5.78. The Morgan fingerprint density at radius 3 is 1.94 bits per heavy atom. The second-order valence-electron chi connectivity index (χ2n) is 8.32. The first kappa shape index (κ1) is 36.0. The van der Waals surface area contributed by atoms with Crippen LogP contribution in [0.25, 0.3) is 0 Å². The molecule has 0 radical (unpaired) electrons. The molecule has 1 nitrogen and oxygen atoms in total. The highest BCUT2D eigenvalue weighted by molar-refractivity contribution is 7.94. The zero-order valence-corrected chi connectivity index (χ0v) is 20.3. The van der Waals surface area contributed by atoms with Gasteiger partial charge in [-0.1, -0.05) is 87.9 Å². The molecule has 0 atom stereocenters. The van der Waals surface area contributed by atoms with Gasteiger partial charge in [-0.2, -0.15) is 0 Å². The number of hydrogen-bond acceptors (Lipinski definition) is 2. The van der Waals surface area contributed by atoms with E-state index < -0.39 is 0 Å². The molecule has 0 heterocycles. The zero-order chi connectivity index (χ0) is 19.4. The van der Waals surface area contributed by atoms with Crippen molar-refractivity contribution in [3.63, 3.8) is 0 Å². The smallest absolute Gasteiger partial charge is 0.0869 e. The average molecular weight is 497 g/mol. The Kier molecular flexibility index (Phi) is 22.9. The number of unbranched alkanes of at least 4 members (excludes halogenated alkanes) is 4. The van der Waals surface area contributed by atoms with Crippen LogP contribution in [0.3, 0.4) is 0 Å². The van der Waals surface area contributed by atoms with E-state index in [1.54, 1.807) is 0 Å². The van der Waals surface area contributed by atoms with Crippen LogP contribution in [0.2, 0.25) is 0 Å². The molecule has 1 aliphatic rings. The van der Waals surface area contributed by atoms with Gasteiger partial charge in [-0.15, -0.1) is 0 Å². The third-order valence-corrected chi connectivity index (χ3v) is 6.84. The van der Waals surface area contributed by atoms with Crippen molar-refractivity contribution >= 4 is 12.0 Å². The molecule has 7 heteroatoms. The highest BCUT2D eigenvalue weighted by Crippen LogP contribution is 2.38. The van der Waals surface area contributed by atoms with Crippen LogP contribution in [0, 0.1) is 5.92 Å². The van der Waals surface area contributed by atoms with Crippen LogP contribution in [0.5, 0.6) is 0 Å². The van der Waals surface area contributed by atoms with E-state index in [1.165, 1.54) is 87.4 Å². The molecule has 0 amide bonds. The highest BCUT2D eigenvalue weighted by atomic mass is 32.2. The molecule has 1 fully saturated rings. The summed E-state index contributed by atoms with van der Waals surface area (Å²) in [6.45, 7) is 2.95. The van der Waals surface area contributed by atoms with Crippen LogP contribution in [0.4, 0.5) is 23.5 Å². The summed E-state index contributed by atoms with van der Waals surface area (Å²) in [5.74, 6) is 1.76. The van der Waals surface area contributed by atoms with Crippen molar-refractivity contribution < 1.29 is 27.7 Å². The van der Waals surface area contributed by atoms with Gasteiger partial charge in [0.1, 0.15) is 0 Å². The summed E-state index contributed by atoms with van der Waals surface area (Å²) in [6, 6.07) is 19.4. The minimum absolute atomic E-state index is 0. The molecule has 0 aliphatic heterocycles. The van der Waals surface area contributed by atoms with Crippen molar-refractivity contribution in [1.29, 1.82) is 0 Å². The second-order valence-corrected chi connectivity index (χ2v) is 9.19. The van der Waals surface area contributed by atoms with E-state index in [1.807, 2.05) is 18.2 Å². The summed E-state index contributed by atoms with van der Waals surface area (Å²) in [6.07, 6.45) is 14.2. The summed E-state index contributed by atoms with van der Waals surface area (Å²) in [4.78, 5) is 1.15. The summed E-state index contributed by atoms with van der Waals surface area (Å²) in [7, 11) is 0. The van der Waals surface area contributed by atoms with Gasteiger partial charge in [-0.3, -0.25) is 23.5 Å². The molecule has 2 aromatic carbocycles. The Balaban J connectivity index is -0.00000180. The molecular weight excluding hydrogens is 455 g/mol. The highest BCUT2D eigenvalue weighted by Gasteiger charge is 2.21. The molecule has 0 N–H and O–H groups in total. The predicted octanol–water partition coefficient (Wildman–Crippen LogP) is 9.31. The summed E-state index contributed by atoms with van der Waals surface area (Å²) in [5.41, 5.74) is 2.79. The number of halogens is 5. The quantitative estimate of drug-likeness (QED) is 0.174. The second kappa shape index (κ2) is 21.0. The SMILES string of the molecule is CCCCCCCC1CCC(c2ccc(COSc3ccccc3)cc2)CC1.F.F.F.F.F. The monoisotopic (exact) mass is 496 g/mol. The molecular formula is C26H41F5OS. The molecule has 0 aromatic heterocycles. The van der Waals surface area contributed by atoms with E-state index in [0.717, 1.165) is 16.7 Å². The minimum atomic E-state index is 0. The lowest BCUT2D eigenvalue weighted by molar-refractivity contribution is 0.302. The molecule has 1 aliphatic carbocycles. The van der Waals surface area contributed by atoms with Gasteiger partial charge in [0.25, 0.3) is 0 Å². The van der Waals surface area contributed by atoms with Crippen LogP contribution in [0.1, 0.15) is 88.2 Å². The third-order valence-electron chi connectivity index (χ3n) is 6.14. The maximum Gasteiger partial charge on any atom is 0.0869 e. The van der Waals surface area contributed by atoms with Gasteiger partial charge in [0, 0.05) is 16.9 Å². The molecule has 2 aromatic rings. The van der Waals surface area contributed by atoms with Crippen LogP contribution in [0.15, 0.2) is 59.5 Å². The summed E-state index contributed by atoms with van der Waals surface area (Å²) < 4.78 is 5.78. The lowest BCUT2D eigenvalue weighted by atomic mass is 9.77. The Bertz CT molecular complexity index is 664. The topological polar surface area (TPSA) is 9.23 Å². The lowest BCUT2D eigenvalue weighted by Crippen LogP contribution is -2.13. The van der Waals surface area contributed by atoms with Gasteiger partial charge in [0.15, 0.2) is 0 Å². The molecule has 33 heavy (non-hydrogen) atoms. The largest absolute Gasteiger partial charge is 0.305 e. The first-order chi connectivity index (χ1) is 13.8. The third kappa shape index (κ3) is 13.0. The van der Waals surface area contributed by atoms with E-state index in [4.69, 9.17) is 4.18 Å². The van der Waals surface area contributed by atoms with Crippen LogP contribution >= 0.6 is 12.0 Å². The van der Waals surface area contributed by atoms with Crippen LogP contribution in [-0.4, -0.2) is 0 Å². The molecule has 192 valence electrons. The molecule has 0 saturated heterocycles. The van der Waals surface area contributed by atoms with E-state index >= 15 is 0 Å². The van der Waals surface area contributed by atoms with Gasteiger partial charge in [-0.05, 0) is 60.8 Å². The van der Waals surface area contributed by atoms with E-state index in [0.29, 0.717) is 6.61 Å². The summed E-state index contributed by atoms with van der Waals surface area (Å²) in [5, 5.41) is 0. The first-order valence-corrected chi connectivity index (χ1v) is 12.0. The van der Waals surface area contributed by atoms with Gasteiger partial charge in [-0.25, -0.2) is 0 Å². The molecule has 1 saturated carbocycles. The number of hydrogen-bond donors (Lipinski definition) is 0. The fourth-order valence-electron chi connectivity index (χ4n) is 4.35. The molecule has 0 spiro atoms. The van der Waals surface area contributed by atoms with Crippen LogP contribution < -0.4 is 0 Å². The normalized spacial score (nSPS) is 16.6. The fraction of sp³-hybridized carbons (Fsp3) is 0.538.